The molecule has 0 saturated carbocycles. The van der Waals surface area contributed by atoms with Crippen LogP contribution in [0.1, 0.15) is 54.9 Å². The highest BCUT2D eigenvalue weighted by Crippen LogP contribution is 2.18. The molecule has 1 aromatic rings. The van der Waals surface area contributed by atoms with E-state index >= 15 is 0 Å². The van der Waals surface area contributed by atoms with Gasteiger partial charge >= 0.3 is 0 Å². The number of amides is 1. The van der Waals surface area contributed by atoms with Crippen molar-refractivity contribution in [2.24, 2.45) is 5.92 Å². The van der Waals surface area contributed by atoms with Crippen LogP contribution < -0.4 is 5.32 Å². The van der Waals surface area contributed by atoms with Gasteiger partial charge in [0.25, 0.3) is 5.91 Å². The zero-order valence-corrected chi connectivity index (χ0v) is 12.5. The van der Waals surface area contributed by atoms with E-state index in [-0.39, 0.29) is 5.91 Å². The van der Waals surface area contributed by atoms with E-state index < -0.39 is 0 Å². The van der Waals surface area contributed by atoms with E-state index in [0.29, 0.717) is 11.8 Å². The molecule has 0 unspecified atom stereocenters. The fourth-order valence-electron chi connectivity index (χ4n) is 2.55. The minimum atomic E-state index is 0.0346. The Labute approximate surface area is 121 Å². The van der Waals surface area contributed by atoms with Crippen LogP contribution in [-0.2, 0) is 4.74 Å². The van der Waals surface area contributed by atoms with Crippen LogP contribution in [0, 0.1) is 5.92 Å². The molecule has 2 rings (SSSR count). The first-order chi connectivity index (χ1) is 9.66. The van der Waals surface area contributed by atoms with Gasteiger partial charge in [-0.25, -0.2) is 0 Å². The van der Waals surface area contributed by atoms with Crippen LogP contribution in [0.4, 0.5) is 0 Å². The average molecular weight is 275 g/mol. The fraction of sp³-hybridized carbons (Fsp3) is 0.588. The van der Waals surface area contributed by atoms with E-state index in [9.17, 15) is 4.79 Å². The van der Waals surface area contributed by atoms with Gasteiger partial charge in [-0.1, -0.05) is 26.0 Å². The third-order valence-corrected chi connectivity index (χ3v) is 4.02. The molecule has 0 radical (unpaired) electrons. The lowest BCUT2D eigenvalue weighted by Gasteiger charge is -2.21. The van der Waals surface area contributed by atoms with Crippen LogP contribution in [0.15, 0.2) is 24.3 Å². The van der Waals surface area contributed by atoms with Crippen molar-refractivity contribution in [3.05, 3.63) is 35.4 Å². The first-order valence-electron chi connectivity index (χ1n) is 7.62. The van der Waals surface area contributed by atoms with Crippen LogP contribution in [0.5, 0.6) is 0 Å². The second kappa shape index (κ2) is 7.44. The zero-order valence-electron chi connectivity index (χ0n) is 12.5. The first-order valence-corrected chi connectivity index (χ1v) is 7.62. The molecule has 1 amide bonds. The van der Waals surface area contributed by atoms with Crippen LogP contribution in [0.2, 0.25) is 0 Å². The summed E-state index contributed by atoms with van der Waals surface area (Å²) in [7, 11) is 0. The molecule has 1 fully saturated rings. The molecule has 1 aliphatic heterocycles. The Morgan fingerprint density at radius 1 is 1.25 bits per heavy atom. The molecule has 0 aromatic heterocycles. The zero-order chi connectivity index (χ0) is 14.4. The van der Waals surface area contributed by atoms with E-state index in [1.165, 1.54) is 5.56 Å². The topological polar surface area (TPSA) is 38.3 Å². The highest BCUT2D eigenvalue weighted by molar-refractivity contribution is 5.94. The quantitative estimate of drug-likeness (QED) is 0.895. The number of hydrogen-bond donors (Lipinski definition) is 1. The summed E-state index contributed by atoms with van der Waals surface area (Å²) in [6.07, 6.45) is 3.30. The van der Waals surface area contributed by atoms with Gasteiger partial charge in [-0.2, -0.15) is 0 Å². The lowest BCUT2D eigenvalue weighted by molar-refractivity contribution is 0.0636. The standard InChI is InChI=1S/C17H25NO2/c1-13(2)15-3-5-16(6-4-15)17(19)18-10-7-14-8-11-20-12-9-14/h3-6,13-14H,7-12H2,1-2H3,(H,18,19). The van der Waals surface area contributed by atoms with Crippen LogP contribution >= 0.6 is 0 Å². The second-order valence-electron chi connectivity index (χ2n) is 5.88. The molecule has 3 heteroatoms. The van der Waals surface area contributed by atoms with E-state index in [2.05, 4.69) is 19.2 Å². The Kier molecular flexibility index (Phi) is 5.60. The predicted molar refractivity (Wildman–Crippen MR) is 81.0 cm³/mol. The monoisotopic (exact) mass is 275 g/mol. The average Bonchev–Trinajstić information content (AvgIpc) is 2.48. The van der Waals surface area contributed by atoms with Gasteiger partial charge in [-0.05, 0) is 48.8 Å². The molecule has 0 atom stereocenters. The van der Waals surface area contributed by atoms with Gasteiger partial charge < -0.3 is 10.1 Å². The Morgan fingerprint density at radius 2 is 1.90 bits per heavy atom. The predicted octanol–water partition coefficient (Wildman–Crippen LogP) is 3.36. The minimum Gasteiger partial charge on any atom is -0.381 e. The largest absolute Gasteiger partial charge is 0.381 e. The van der Waals surface area contributed by atoms with Crippen molar-refractivity contribution in [3.8, 4) is 0 Å². The van der Waals surface area contributed by atoms with E-state index in [4.69, 9.17) is 4.74 Å². The lowest BCUT2D eigenvalue weighted by Crippen LogP contribution is -2.27. The SMILES string of the molecule is CC(C)c1ccc(C(=O)NCCC2CCOCC2)cc1. The summed E-state index contributed by atoms with van der Waals surface area (Å²) in [6, 6.07) is 7.91. The number of rotatable bonds is 5. The summed E-state index contributed by atoms with van der Waals surface area (Å²) < 4.78 is 5.34. The smallest absolute Gasteiger partial charge is 0.251 e. The summed E-state index contributed by atoms with van der Waals surface area (Å²) >= 11 is 0. The van der Waals surface area contributed by atoms with Crippen molar-refractivity contribution in [1.82, 2.24) is 5.32 Å². The van der Waals surface area contributed by atoms with Gasteiger partial charge in [0.15, 0.2) is 0 Å². The summed E-state index contributed by atoms with van der Waals surface area (Å²) in [5.41, 5.74) is 2.02. The molecular formula is C17H25NO2. The highest BCUT2D eigenvalue weighted by Gasteiger charge is 2.14. The summed E-state index contributed by atoms with van der Waals surface area (Å²) in [4.78, 5) is 12.0. The fourth-order valence-corrected chi connectivity index (χ4v) is 2.55. The van der Waals surface area contributed by atoms with Crippen LogP contribution in [-0.4, -0.2) is 25.7 Å². The van der Waals surface area contributed by atoms with Crippen molar-refractivity contribution in [2.75, 3.05) is 19.8 Å². The molecule has 1 saturated heterocycles. The second-order valence-corrected chi connectivity index (χ2v) is 5.88. The van der Waals surface area contributed by atoms with Gasteiger partial charge in [-0.3, -0.25) is 4.79 Å². The van der Waals surface area contributed by atoms with E-state index in [0.717, 1.165) is 44.6 Å². The Morgan fingerprint density at radius 3 is 2.50 bits per heavy atom. The van der Waals surface area contributed by atoms with Gasteiger partial charge in [0.05, 0.1) is 0 Å². The van der Waals surface area contributed by atoms with Crippen molar-refractivity contribution in [1.29, 1.82) is 0 Å². The van der Waals surface area contributed by atoms with Gasteiger partial charge in [0.1, 0.15) is 0 Å². The molecular weight excluding hydrogens is 250 g/mol. The van der Waals surface area contributed by atoms with Crippen LogP contribution in [0.3, 0.4) is 0 Å². The molecule has 0 aliphatic carbocycles. The maximum absolute atomic E-state index is 12.0. The number of hydrogen-bond acceptors (Lipinski definition) is 2. The van der Waals surface area contributed by atoms with E-state index in [1.54, 1.807) is 0 Å². The first kappa shape index (κ1) is 15.0. The molecule has 1 heterocycles. The molecule has 110 valence electrons. The molecule has 1 aromatic carbocycles. The molecule has 0 bridgehead atoms. The number of ether oxygens (including phenoxy) is 1. The highest BCUT2D eigenvalue weighted by atomic mass is 16.5. The normalized spacial score (nSPS) is 16.4. The Bertz CT molecular complexity index is 419. The number of carbonyl (C=O) groups is 1. The maximum atomic E-state index is 12.0. The Hall–Kier alpha value is -1.35. The maximum Gasteiger partial charge on any atom is 0.251 e. The molecule has 20 heavy (non-hydrogen) atoms. The lowest BCUT2D eigenvalue weighted by atomic mass is 9.96. The van der Waals surface area contributed by atoms with Gasteiger partial charge in [0, 0.05) is 25.3 Å². The van der Waals surface area contributed by atoms with Gasteiger partial charge in [-0.15, -0.1) is 0 Å². The van der Waals surface area contributed by atoms with Crippen molar-refractivity contribution in [2.45, 2.75) is 39.0 Å². The summed E-state index contributed by atoms with van der Waals surface area (Å²) in [6.45, 7) is 6.81. The third-order valence-electron chi connectivity index (χ3n) is 4.02. The van der Waals surface area contributed by atoms with Crippen molar-refractivity contribution >= 4 is 5.91 Å². The number of carbonyl (C=O) groups excluding carboxylic acids is 1. The molecule has 3 nitrogen and oxygen atoms in total. The van der Waals surface area contributed by atoms with Crippen molar-refractivity contribution < 1.29 is 9.53 Å². The van der Waals surface area contributed by atoms with Gasteiger partial charge in [0.2, 0.25) is 0 Å². The van der Waals surface area contributed by atoms with Crippen molar-refractivity contribution in [3.63, 3.8) is 0 Å². The summed E-state index contributed by atoms with van der Waals surface area (Å²) in [5, 5.41) is 3.02. The molecule has 1 aliphatic rings. The number of benzene rings is 1. The van der Waals surface area contributed by atoms with E-state index in [1.807, 2.05) is 24.3 Å². The Balaban J connectivity index is 1.76. The van der Waals surface area contributed by atoms with Crippen LogP contribution in [0.25, 0.3) is 0 Å². The number of nitrogens with one attached hydrogen (secondary N) is 1. The summed E-state index contributed by atoms with van der Waals surface area (Å²) in [5.74, 6) is 1.24. The molecule has 1 N–H and O–H groups in total. The minimum absolute atomic E-state index is 0.0346. The third kappa shape index (κ3) is 4.34. The molecule has 0 spiro atoms.